The first kappa shape index (κ1) is 14.3. The number of aromatic nitrogens is 5. The van der Waals surface area contributed by atoms with Gasteiger partial charge in [0.05, 0.1) is 0 Å². The molecule has 3 aromatic rings. The number of rotatable bonds is 5. The van der Waals surface area contributed by atoms with Crippen molar-refractivity contribution in [2.45, 2.75) is 25.3 Å². The molecule has 4 rings (SSSR count). The van der Waals surface area contributed by atoms with Crippen LogP contribution in [0.5, 0.6) is 0 Å². The predicted molar refractivity (Wildman–Crippen MR) is 89.3 cm³/mol. The Morgan fingerprint density at radius 1 is 1.39 bits per heavy atom. The second kappa shape index (κ2) is 5.70. The van der Waals surface area contributed by atoms with Crippen molar-refractivity contribution in [3.05, 3.63) is 47.0 Å². The second-order valence-electron chi connectivity index (χ2n) is 5.88. The fraction of sp³-hybridized carbons (Fsp3) is 0.312. The minimum Gasteiger partial charge on any atom is -0.381 e. The van der Waals surface area contributed by atoms with Gasteiger partial charge >= 0.3 is 0 Å². The molecule has 0 saturated heterocycles. The van der Waals surface area contributed by atoms with E-state index in [1.807, 2.05) is 29.8 Å². The van der Waals surface area contributed by atoms with Crippen LogP contribution < -0.4 is 5.32 Å². The highest BCUT2D eigenvalue weighted by molar-refractivity contribution is 6.30. The van der Waals surface area contributed by atoms with Crippen LogP contribution in [0.2, 0.25) is 5.15 Å². The maximum absolute atomic E-state index is 6.21. The number of halogens is 1. The third-order valence-electron chi connectivity index (χ3n) is 4.14. The third-order valence-corrected chi connectivity index (χ3v) is 4.45. The normalized spacial score (nSPS) is 14.2. The molecule has 1 saturated carbocycles. The zero-order valence-electron chi connectivity index (χ0n) is 12.8. The summed E-state index contributed by atoms with van der Waals surface area (Å²) >= 11 is 6.21. The van der Waals surface area contributed by atoms with Crippen molar-refractivity contribution in [2.75, 3.05) is 5.32 Å². The maximum atomic E-state index is 6.21. The number of H-pyrrole nitrogens is 1. The van der Waals surface area contributed by atoms with Gasteiger partial charge in [-0.1, -0.05) is 23.7 Å². The van der Waals surface area contributed by atoms with Gasteiger partial charge in [-0.2, -0.15) is 5.10 Å². The predicted octanol–water partition coefficient (Wildman–Crippen LogP) is 3.35. The second-order valence-corrected chi connectivity index (χ2v) is 6.24. The lowest BCUT2D eigenvalue weighted by molar-refractivity contribution is 0.919. The first-order valence-corrected chi connectivity index (χ1v) is 8.01. The lowest BCUT2D eigenvalue weighted by Gasteiger charge is -2.09. The Balaban J connectivity index is 1.54. The average Bonchev–Trinajstić information content (AvgIpc) is 3.21. The molecule has 1 aliphatic carbocycles. The summed E-state index contributed by atoms with van der Waals surface area (Å²) < 4.78 is 1.90. The van der Waals surface area contributed by atoms with Crippen molar-refractivity contribution in [2.24, 2.45) is 7.05 Å². The van der Waals surface area contributed by atoms with Gasteiger partial charge in [-0.3, -0.25) is 5.10 Å². The molecule has 2 aromatic heterocycles. The molecule has 0 amide bonds. The Labute approximate surface area is 138 Å². The van der Waals surface area contributed by atoms with Crippen molar-refractivity contribution in [3.63, 3.8) is 0 Å². The summed E-state index contributed by atoms with van der Waals surface area (Å²) in [6, 6.07) is 8.13. The average molecular weight is 329 g/mol. The van der Waals surface area contributed by atoms with Gasteiger partial charge in [-0.15, -0.1) is 10.2 Å². The van der Waals surface area contributed by atoms with E-state index in [9.17, 15) is 0 Å². The summed E-state index contributed by atoms with van der Waals surface area (Å²) in [7, 11) is 1.93. The summed E-state index contributed by atoms with van der Waals surface area (Å²) in [5, 5.41) is 19.3. The monoisotopic (exact) mass is 328 g/mol. The minimum atomic E-state index is 0.559. The molecule has 1 fully saturated rings. The van der Waals surface area contributed by atoms with E-state index in [2.05, 4.69) is 31.8 Å². The number of nitrogens with one attached hydrogen (secondary N) is 2. The molecule has 2 N–H and O–H groups in total. The van der Waals surface area contributed by atoms with Crippen LogP contribution in [0.3, 0.4) is 0 Å². The van der Waals surface area contributed by atoms with Gasteiger partial charge < -0.3 is 9.88 Å². The van der Waals surface area contributed by atoms with E-state index < -0.39 is 0 Å². The zero-order chi connectivity index (χ0) is 15.8. The molecule has 0 spiro atoms. The minimum absolute atomic E-state index is 0.559. The van der Waals surface area contributed by atoms with E-state index in [1.165, 1.54) is 18.5 Å². The topological polar surface area (TPSA) is 71.4 Å². The maximum Gasteiger partial charge on any atom is 0.163 e. The molecule has 0 aliphatic heterocycles. The van der Waals surface area contributed by atoms with Gasteiger partial charge in [-0.25, -0.2) is 0 Å². The highest BCUT2D eigenvalue weighted by Gasteiger charge is 2.29. The zero-order valence-corrected chi connectivity index (χ0v) is 13.5. The number of anilines is 1. The summed E-state index contributed by atoms with van der Waals surface area (Å²) in [6.45, 7) is 0.656. The largest absolute Gasteiger partial charge is 0.381 e. The molecule has 1 aliphatic rings. The molecule has 0 bridgehead atoms. The van der Waals surface area contributed by atoms with Crippen molar-refractivity contribution in [3.8, 4) is 11.4 Å². The lowest BCUT2D eigenvalue weighted by atomic mass is 10.1. The highest BCUT2D eigenvalue weighted by atomic mass is 35.5. The van der Waals surface area contributed by atoms with Gasteiger partial charge in [0.15, 0.2) is 11.0 Å². The smallest absolute Gasteiger partial charge is 0.163 e. The number of benzene rings is 1. The van der Waals surface area contributed by atoms with Gasteiger partial charge in [0.1, 0.15) is 6.33 Å². The summed E-state index contributed by atoms with van der Waals surface area (Å²) in [5.74, 6) is 1.44. The van der Waals surface area contributed by atoms with Crippen LogP contribution in [0.4, 0.5) is 5.69 Å². The molecular formula is C16H17ClN6. The standard InChI is InChI=1S/C16H17ClN6/c1-23-9-19-22-16(23)11-3-2-4-12(7-11)18-8-13-14(10-5-6-10)20-21-15(13)17/h2-4,7,9-10,18H,5-6,8H2,1H3,(H,20,21). The fourth-order valence-corrected chi connectivity index (χ4v) is 2.95. The van der Waals surface area contributed by atoms with Gasteiger partial charge in [0.25, 0.3) is 0 Å². The first-order chi connectivity index (χ1) is 11.2. The number of aromatic amines is 1. The number of hydrogen-bond acceptors (Lipinski definition) is 4. The Kier molecular flexibility index (Phi) is 3.53. The van der Waals surface area contributed by atoms with Crippen LogP contribution in [-0.2, 0) is 13.6 Å². The Hall–Kier alpha value is -2.34. The highest BCUT2D eigenvalue weighted by Crippen LogP contribution is 2.42. The van der Waals surface area contributed by atoms with Crippen molar-refractivity contribution in [1.82, 2.24) is 25.0 Å². The Bertz CT molecular complexity index is 833. The molecule has 0 atom stereocenters. The quantitative estimate of drug-likeness (QED) is 0.753. The van der Waals surface area contributed by atoms with E-state index in [-0.39, 0.29) is 0 Å². The van der Waals surface area contributed by atoms with Crippen molar-refractivity contribution >= 4 is 17.3 Å². The van der Waals surface area contributed by atoms with Crippen LogP contribution in [0.25, 0.3) is 11.4 Å². The molecule has 1 aromatic carbocycles. The molecule has 2 heterocycles. The number of hydrogen-bond donors (Lipinski definition) is 2. The molecule has 0 radical (unpaired) electrons. The Morgan fingerprint density at radius 3 is 3.00 bits per heavy atom. The molecular weight excluding hydrogens is 312 g/mol. The van der Waals surface area contributed by atoms with E-state index in [0.29, 0.717) is 17.6 Å². The summed E-state index contributed by atoms with van der Waals surface area (Å²) in [4.78, 5) is 0. The molecule has 7 heteroatoms. The van der Waals surface area contributed by atoms with Crippen LogP contribution in [0.1, 0.15) is 30.0 Å². The third kappa shape index (κ3) is 2.82. The summed E-state index contributed by atoms with van der Waals surface area (Å²) in [5.41, 5.74) is 4.28. The van der Waals surface area contributed by atoms with Gasteiger partial charge in [-0.05, 0) is 25.0 Å². The van der Waals surface area contributed by atoms with Gasteiger partial charge in [0.2, 0.25) is 0 Å². The molecule has 118 valence electrons. The molecule has 23 heavy (non-hydrogen) atoms. The molecule has 0 unspecified atom stereocenters. The van der Waals surface area contributed by atoms with E-state index in [0.717, 1.165) is 22.6 Å². The van der Waals surface area contributed by atoms with E-state index in [4.69, 9.17) is 11.6 Å². The number of nitrogens with zero attached hydrogens (tertiary/aromatic N) is 4. The van der Waals surface area contributed by atoms with Crippen molar-refractivity contribution in [1.29, 1.82) is 0 Å². The lowest BCUT2D eigenvalue weighted by Crippen LogP contribution is -2.02. The van der Waals surface area contributed by atoms with E-state index >= 15 is 0 Å². The number of aryl methyl sites for hydroxylation is 1. The van der Waals surface area contributed by atoms with Crippen LogP contribution in [-0.4, -0.2) is 25.0 Å². The van der Waals surface area contributed by atoms with Gasteiger partial charge in [0, 0.05) is 42.0 Å². The molecule has 6 nitrogen and oxygen atoms in total. The Morgan fingerprint density at radius 2 is 2.26 bits per heavy atom. The van der Waals surface area contributed by atoms with E-state index in [1.54, 1.807) is 6.33 Å². The first-order valence-electron chi connectivity index (χ1n) is 7.63. The summed E-state index contributed by atoms with van der Waals surface area (Å²) in [6.07, 6.45) is 4.13. The SMILES string of the molecule is Cn1cnnc1-c1cccc(NCc2c(Cl)n[nH]c2C2CC2)c1. The van der Waals surface area contributed by atoms with Crippen LogP contribution in [0, 0.1) is 0 Å². The van der Waals surface area contributed by atoms with Crippen LogP contribution >= 0.6 is 11.6 Å². The van der Waals surface area contributed by atoms with Crippen LogP contribution in [0.15, 0.2) is 30.6 Å². The fourth-order valence-electron chi connectivity index (χ4n) is 2.74. The van der Waals surface area contributed by atoms with Crippen molar-refractivity contribution < 1.29 is 0 Å².